The van der Waals surface area contributed by atoms with Gasteiger partial charge in [0.25, 0.3) is 5.91 Å². The van der Waals surface area contributed by atoms with E-state index >= 15 is 0 Å². The third-order valence-corrected chi connectivity index (χ3v) is 4.44. The molecule has 23 heavy (non-hydrogen) atoms. The highest BCUT2D eigenvalue weighted by Crippen LogP contribution is 2.34. The molecule has 3 aromatic rings. The first kappa shape index (κ1) is 14.3. The number of amides is 1. The summed E-state index contributed by atoms with van der Waals surface area (Å²) in [6.07, 6.45) is 2.90. The van der Waals surface area contributed by atoms with Gasteiger partial charge in [-0.25, -0.2) is 4.98 Å². The summed E-state index contributed by atoms with van der Waals surface area (Å²) in [7, 11) is 0. The highest BCUT2D eigenvalue weighted by atomic mass is 35.5. The molecule has 0 radical (unpaired) electrons. The van der Waals surface area contributed by atoms with Gasteiger partial charge in [-0.2, -0.15) is 5.10 Å². The predicted octanol–water partition coefficient (Wildman–Crippen LogP) is 3.09. The van der Waals surface area contributed by atoms with Gasteiger partial charge >= 0.3 is 0 Å². The molecule has 0 aliphatic carbocycles. The van der Waals surface area contributed by atoms with Gasteiger partial charge in [-0.05, 0) is 31.4 Å². The Morgan fingerprint density at radius 1 is 1.39 bits per heavy atom. The Morgan fingerprint density at radius 3 is 3.00 bits per heavy atom. The molecule has 0 unspecified atom stereocenters. The number of halogens is 1. The van der Waals surface area contributed by atoms with Gasteiger partial charge in [-0.1, -0.05) is 11.6 Å². The van der Waals surface area contributed by atoms with Crippen molar-refractivity contribution >= 4 is 28.6 Å². The Balaban J connectivity index is 1.97. The lowest BCUT2D eigenvalue weighted by Gasteiger charge is -2.13. The summed E-state index contributed by atoms with van der Waals surface area (Å²) in [6.45, 7) is 2.56. The maximum atomic E-state index is 12.0. The van der Waals surface area contributed by atoms with Crippen molar-refractivity contribution in [3.63, 3.8) is 0 Å². The van der Waals surface area contributed by atoms with Crippen LogP contribution in [0.2, 0.25) is 5.02 Å². The normalized spacial score (nSPS) is 14.2. The first-order chi connectivity index (χ1) is 11.0. The highest BCUT2D eigenvalue weighted by molar-refractivity contribution is 6.35. The van der Waals surface area contributed by atoms with Crippen LogP contribution < -0.4 is 5.73 Å². The van der Waals surface area contributed by atoms with Crippen LogP contribution in [0.25, 0.3) is 22.4 Å². The lowest BCUT2D eigenvalue weighted by molar-refractivity contribution is 0.0999. The van der Waals surface area contributed by atoms with Gasteiger partial charge in [-0.15, -0.1) is 0 Å². The van der Waals surface area contributed by atoms with E-state index in [9.17, 15) is 4.79 Å². The van der Waals surface area contributed by atoms with Crippen LogP contribution in [-0.4, -0.2) is 20.7 Å². The summed E-state index contributed by atoms with van der Waals surface area (Å²) in [4.78, 5) is 16.3. The van der Waals surface area contributed by atoms with Gasteiger partial charge in [-0.3, -0.25) is 9.48 Å². The predicted molar refractivity (Wildman–Crippen MR) is 86.4 cm³/mol. The van der Waals surface area contributed by atoms with E-state index in [2.05, 4.69) is 10.1 Å². The molecule has 2 N–H and O–H groups in total. The molecule has 3 heterocycles. The standard InChI is InChI=1S/C16H15ClN4O2/c1-8-19-11-7-9(6-10(17)15(11)23-8)14-13(16(18)22)12-4-2-3-5-21(12)20-14/h6-7H,2-5H2,1H3,(H2,18,22). The molecule has 1 amide bonds. The zero-order valence-corrected chi connectivity index (χ0v) is 13.4. The van der Waals surface area contributed by atoms with Crippen LogP contribution in [0.3, 0.4) is 0 Å². The summed E-state index contributed by atoms with van der Waals surface area (Å²) in [5.74, 6) is 0.0778. The molecule has 0 saturated carbocycles. The van der Waals surface area contributed by atoms with Crippen molar-refractivity contribution in [1.29, 1.82) is 0 Å². The molecule has 0 spiro atoms. The molecule has 0 atom stereocenters. The summed E-state index contributed by atoms with van der Waals surface area (Å²) < 4.78 is 7.37. The number of carbonyl (C=O) groups is 1. The number of benzene rings is 1. The van der Waals surface area contributed by atoms with Crippen molar-refractivity contribution in [2.24, 2.45) is 5.73 Å². The number of primary amides is 1. The monoisotopic (exact) mass is 330 g/mol. The molecular formula is C16H15ClN4O2. The molecule has 1 aliphatic rings. The molecule has 0 bridgehead atoms. The van der Waals surface area contributed by atoms with Crippen molar-refractivity contribution in [1.82, 2.24) is 14.8 Å². The van der Waals surface area contributed by atoms with Crippen molar-refractivity contribution in [2.45, 2.75) is 32.7 Å². The van der Waals surface area contributed by atoms with Crippen LogP contribution in [0.15, 0.2) is 16.5 Å². The number of fused-ring (bicyclic) bond motifs is 2. The largest absolute Gasteiger partial charge is 0.439 e. The molecular weight excluding hydrogens is 316 g/mol. The molecule has 0 saturated heterocycles. The number of nitrogens with zero attached hydrogens (tertiary/aromatic N) is 3. The van der Waals surface area contributed by atoms with E-state index in [4.69, 9.17) is 21.8 Å². The van der Waals surface area contributed by atoms with E-state index in [0.717, 1.165) is 37.1 Å². The first-order valence-electron chi connectivity index (χ1n) is 7.51. The average Bonchev–Trinajstić information content (AvgIpc) is 3.07. The summed E-state index contributed by atoms with van der Waals surface area (Å²) in [6, 6.07) is 3.58. The van der Waals surface area contributed by atoms with E-state index in [1.165, 1.54) is 0 Å². The Morgan fingerprint density at radius 2 is 2.22 bits per heavy atom. The second-order valence-electron chi connectivity index (χ2n) is 5.75. The fourth-order valence-corrected chi connectivity index (χ4v) is 3.44. The van der Waals surface area contributed by atoms with Crippen molar-refractivity contribution in [3.05, 3.63) is 34.3 Å². The van der Waals surface area contributed by atoms with E-state index in [-0.39, 0.29) is 0 Å². The Labute approximate surface area is 137 Å². The maximum absolute atomic E-state index is 12.0. The van der Waals surface area contributed by atoms with Crippen LogP contribution in [0.4, 0.5) is 0 Å². The summed E-state index contributed by atoms with van der Waals surface area (Å²) in [5, 5.41) is 5.04. The van der Waals surface area contributed by atoms with Gasteiger partial charge in [0.05, 0.1) is 16.3 Å². The van der Waals surface area contributed by atoms with E-state index in [1.807, 2.05) is 10.7 Å². The van der Waals surface area contributed by atoms with E-state index < -0.39 is 5.91 Å². The molecule has 6 nitrogen and oxygen atoms in total. The van der Waals surface area contributed by atoms with Gasteiger partial charge in [0.1, 0.15) is 11.2 Å². The minimum absolute atomic E-state index is 0.444. The maximum Gasteiger partial charge on any atom is 0.252 e. The van der Waals surface area contributed by atoms with Crippen LogP contribution in [-0.2, 0) is 13.0 Å². The fourth-order valence-electron chi connectivity index (χ4n) is 3.19. The average molecular weight is 331 g/mol. The number of oxazole rings is 1. The third-order valence-electron chi connectivity index (χ3n) is 4.16. The topological polar surface area (TPSA) is 86.9 Å². The molecule has 2 aromatic heterocycles. The molecule has 1 aliphatic heterocycles. The SMILES string of the molecule is Cc1nc2cc(-c3nn4c(c3C(N)=O)CCCC4)cc(Cl)c2o1. The van der Waals surface area contributed by atoms with Gasteiger partial charge in [0.15, 0.2) is 11.5 Å². The van der Waals surface area contributed by atoms with Crippen LogP contribution in [0.5, 0.6) is 0 Å². The van der Waals surface area contributed by atoms with Gasteiger partial charge in [0, 0.05) is 19.0 Å². The molecule has 1 aromatic carbocycles. The lowest BCUT2D eigenvalue weighted by Crippen LogP contribution is -2.17. The molecule has 0 fully saturated rings. The summed E-state index contributed by atoms with van der Waals surface area (Å²) in [5.41, 5.74) is 9.49. The number of nitrogens with two attached hydrogens (primary N) is 1. The van der Waals surface area contributed by atoms with E-state index in [1.54, 1.807) is 13.0 Å². The minimum atomic E-state index is -0.462. The zero-order valence-electron chi connectivity index (χ0n) is 12.6. The number of rotatable bonds is 2. The van der Waals surface area contributed by atoms with Gasteiger partial charge < -0.3 is 10.2 Å². The minimum Gasteiger partial charge on any atom is -0.439 e. The second kappa shape index (κ2) is 5.09. The van der Waals surface area contributed by atoms with Crippen LogP contribution in [0.1, 0.15) is 34.8 Å². The first-order valence-corrected chi connectivity index (χ1v) is 7.89. The molecule has 7 heteroatoms. The van der Waals surface area contributed by atoms with Gasteiger partial charge in [0.2, 0.25) is 0 Å². The highest BCUT2D eigenvalue weighted by Gasteiger charge is 2.25. The van der Waals surface area contributed by atoms with Crippen molar-refractivity contribution in [2.75, 3.05) is 0 Å². The van der Waals surface area contributed by atoms with Crippen molar-refractivity contribution in [3.8, 4) is 11.3 Å². The smallest absolute Gasteiger partial charge is 0.252 e. The molecule has 4 rings (SSSR count). The number of aryl methyl sites for hydroxylation is 2. The second-order valence-corrected chi connectivity index (χ2v) is 6.16. The zero-order chi connectivity index (χ0) is 16.1. The fraction of sp³-hybridized carbons (Fsp3) is 0.312. The molecule has 118 valence electrons. The van der Waals surface area contributed by atoms with Crippen LogP contribution >= 0.6 is 11.6 Å². The number of hydrogen-bond acceptors (Lipinski definition) is 4. The number of hydrogen-bond donors (Lipinski definition) is 1. The Kier molecular flexibility index (Phi) is 3.16. The van der Waals surface area contributed by atoms with Crippen molar-refractivity contribution < 1.29 is 9.21 Å². The third kappa shape index (κ3) is 2.21. The lowest BCUT2D eigenvalue weighted by atomic mass is 10.0. The quantitative estimate of drug-likeness (QED) is 0.782. The Bertz CT molecular complexity index is 941. The number of carbonyl (C=O) groups excluding carboxylic acids is 1. The Hall–Kier alpha value is -2.34. The summed E-state index contributed by atoms with van der Waals surface area (Å²) >= 11 is 6.30. The number of aromatic nitrogens is 3. The van der Waals surface area contributed by atoms with Crippen LogP contribution in [0, 0.1) is 6.92 Å². The van der Waals surface area contributed by atoms with E-state index in [0.29, 0.717) is 33.3 Å².